The molecular weight excluding hydrogens is 573 g/mol. The molecule has 8 heteroatoms. The first-order chi connectivity index (χ1) is 19.8. The van der Waals surface area contributed by atoms with E-state index in [2.05, 4.69) is 93.4 Å². The average Bonchev–Trinajstić information content (AvgIpc) is 2.87. The maximum atomic E-state index is 14.1. The highest BCUT2D eigenvalue weighted by Crippen LogP contribution is 2.41. The van der Waals surface area contributed by atoms with Crippen LogP contribution in [0.2, 0.25) is 36.3 Å². The number of rotatable bonds is 9. The topological polar surface area (TPSA) is 71.1 Å². The van der Waals surface area contributed by atoms with Crippen molar-refractivity contribution in [2.75, 3.05) is 6.61 Å². The molecule has 0 N–H and O–H groups in total. The third-order valence-electron chi connectivity index (χ3n) is 9.15. The predicted octanol–water partition coefficient (Wildman–Crippen LogP) is 9.19. The van der Waals surface area contributed by atoms with E-state index in [9.17, 15) is 9.59 Å². The molecule has 43 heavy (non-hydrogen) atoms. The van der Waals surface area contributed by atoms with Crippen molar-refractivity contribution < 1.29 is 27.9 Å². The summed E-state index contributed by atoms with van der Waals surface area (Å²) in [4.78, 5) is 26.2. The van der Waals surface area contributed by atoms with Gasteiger partial charge in [0, 0.05) is 18.9 Å². The minimum Gasteiger partial charge on any atom is -0.543 e. The molecule has 240 valence electrons. The van der Waals surface area contributed by atoms with E-state index >= 15 is 0 Å². The maximum absolute atomic E-state index is 14.1. The van der Waals surface area contributed by atoms with E-state index in [-0.39, 0.29) is 28.7 Å². The van der Waals surface area contributed by atoms with Crippen molar-refractivity contribution in [2.24, 2.45) is 5.92 Å². The molecule has 1 aliphatic rings. The lowest BCUT2D eigenvalue weighted by atomic mass is 9.93. The van der Waals surface area contributed by atoms with Crippen molar-refractivity contribution in [1.82, 2.24) is 0 Å². The summed E-state index contributed by atoms with van der Waals surface area (Å²) in [5.41, 5.74) is 1.36. The summed E-state index contributed by atoms with van der Waals surface area (Å²) < 4.78 is 25.1. The van der Waals surface area contributed by atoms with Crippen LogP contribution in [0.25, 0.3) is 0 Å². The molecule has 0 unspecified atom stereocenters. The molecule has 0 saturated carbocycles. The second kappa shape index (κ2) is 15.0. The molecule has 0 spiro atoms. The number of benzene rings is 1. The third kappa shape index (κ3) is 10.6. The van der Waals surface area contributed by atoms with Crippen molar-refractivity contribution in [3.05, 3.63) is 66.3 Å². The molecule has 2 rings (SSSR count). The Bertz CT molecular complexity index is 1170. The van der Waals surface area contributed by atoms with E-state index in [1.807, 2.05) is 18.2 Å². The van der Waals surface area contributed by atoms with Gasteiger partial charge in [-0.1, -0.05) is 91.5 Å². The molecule has 3 atom stereocenters. The predicted molar refractivity (Wildman–Crippen MR) is 182 cm³/mol. The number of hydrogen-bond donors (Lipinski definition) is 0. The fraction of sp³-hybridized carbons (Fsp3) is 0.600. The summed E-state index contributed by atoms with van der Waals surface area (Å²) in [5.74, 6) is -0.0865. The lowest BCUT2D eigenvalue weighted by molar-refractivity contribution is -0.136. The fourth-order valence-electron chi connectivity index (χ4n) is 4.28. The quantitative estimate of drug-likeness (QED) is 0.118. The molecule has 0 amide bonds. The van der Waals surface area contributed by atoms with Crippen molar-refractivity contribution in [2.45, 2.75) is 123 Å². The van der Waals surface area contributed by atoms with Crippen LogP contribution >= 0.6 is 0 Å². The SMILES string of the molecule is C=CCOC(=O)/C=C/C[C@H]1C[C@@H](O[Si](C)(C)C(C)(C)C)[C@@H](C)C/C=C/Cc2cccc(O[Si](C)(C)C(C)(C)C)c2C(=O)O1. The van der Waals surface area contributed by atoms with Crippen LogP contribution in [0.5, 0.6) is 5.75 Å². The van der Waals surface area contributed by atoms with Crippen LogP contribution in [0.3, 0.4) is 0 Å². The Hall–Kier alpha value is -2.43. The molecule has 0 radical (unpaired) electrons. The number of cyclic esters (lactones) is 1. The minimum absolute atomic E-state index is 0.0299. The van der Waals surface area contributed by atoms with Crippen LogP contribution in [-0.4, -0.2) is 47.4 Å². The summed E-state index contributed by atoms with van der Waals surface area (Å²) in [6, 6.07) is 5.81. The highest BCUT2D eigenvalue weighted by Gasteiger charge is 2.42. The molecular formula is C35H56O6Si2. The molecule has 0 aromatic heterocycles. The minimum atomic E-state index is -2.24. The molecule has 1 aromatic carbocycles. The largest absolute Gasteiger partial charge is 0.543 e. The highest BCUT2D eigenvalue weighted by molar-refractivity contribution is 6.75. The van der Waals surface area contributed by atoms with Crippen LogP contribution in [0.1, 0.15) is 83.7 Å². The van der Waals surface area contributed by atoms with Crippen LogP contribution in [0, 0.1) is 5.92 Å². The Morgan fingerprint density at radius 2 is 1.70 bits per heavy atom. The van der Waals surface area contributed by atoms with Crippen molar-refractivity contribution in [3.63, 3.8) is 0 Å². The van der Waals surface area contributed by atoms with Crippen molar-refractivity contribution >= 4 is 28.6 Å². The van der Waals surface area contributed by atoms with E-state index in [0.717, 1.165) is 12.0 Å². The van der Waals surface area contributed by atoms with Gasteiger partial charge in [-0.15, -0.1) is 0 Å². The van der Waals surface area contributed by atoms with Gasteiger partial charge in [0.05, 0.1) is 6.10 Å². The highest BCUT2D eigenvalue weighted by atomic mass is 28.4. The molecule has 0 saturated heterocycles. The molecule has 0 bridgehead atoms. The summed E-state index contributed by atoms with van der Waals surface area (Å²) >= 11 is 0. The number of carbonyl (C=O) groups excluding carboxylic acids is 2. The summed E-state index contributed by atoms with van der Waals surface area (Å²) in [6.07, 6.45) is 10.7. The number of allylic oxidation sites excluding steroid dienone is 2. The van der Waals surface area contributed by atoms with Gasteiger partial charge in [0.2, 0.25) is 0 Å². The maximum Gasteiger partial charge on any atom is 0.342 e. The zero-order valence-corrected chi connectivity index (χ0v) is 30.5. The molecule has 6 nitrogen and oxygen atoms in total. The molecule has 0 fully saturated rings. The van der Waals surface area contributed by atoms with E-state index in [1.54, 1.807) is 6.08 Å². The van der Waals surface area contributed by atoms with Crippen LogP contribution < -0.4 is 4.43 Å². The van der Waals surface area contributed by atoms with Crippen LogP contribution in [0.15, 0.2) is 55.2 Å². The van der Waals surface area contributed by atoms with Gasteiger partial charge in [0.15, 0.2) is 8.32 Å². The summed E-state index contributed by atoms with van der Waals surface area (Å²) in [5, 5.41) is -0.00887. The molecule has 1 aliphatic heterocycles. The summed E-state index contributed by atoms with van der Waals surface area (Å²) in [7, 11) is -4.37. The monoisotopic (exact) mass is 628 g/mol. The van der Waals surface area contributed by atoms with Gasteiger partial charge in [0.1, 0.15) is 24.0 Å². The first-order valence-electron chi connectivity index (χ1n) is 15.6. The van der Waals surface area contributed by atoms with Gasteiger partial charge < -0.3 is 18.3 Å². The zero-order chi connectivity index (χ0) is 32.6. The zero-order valence-electron chi connectivity index (χ0n) is 28.5. The first-order valence-corrected chi connectivity index (χ1v) is 21.4. The number of ether oxygens (including phenoxy) is 2. The number of fused-ring (bicyclic) bond motifs is 1. The third-order valence-corrected chi connectivity index (χ3v) is 18.0. The van der Waals surface area contributed by atoms with E-state index in [4.69, 9.17) is 18.3 Å². The number of carbonyl (C=O) groups is 2. The second-order valence-corrected chi connectivity index (χ2v) is 24.3. The molecule has 1 aromatic rings. The van der Waals surface area contributed by atoms with Gasteiger partial charge in [-0.25, -0.2) is 9.59 Å². The fourth-order valence-corrected chi connectivity index (χ4v) is 6.75. The first kappa shape index (κ1) is 36.8. The molecule has 1 heterocycles. The Kier molecular flexibility index (Phi) is 12.9. The summed E-state index contributed by atoms with van der Waals surface area (Å²) in [6.45, 7) is 28.0. The van der Waals surface area contributed by atoms with Gasteiger partial charge in [-0.2, -0.15) is 0 Å². The normalized spacial score (nSPS) is 21.7. The van der Waals surface area contributed by atoms with Gasteiger partial charge in [0.25, 0.3) is 8.32 Å². The van der Waals surface area contributed by atoms with Gasteiger partial charge in [-0.05, 0) is 66.7 Å². The number of esters is 2. The lowest BCUT2D eigenvalue weighted by Gasteiger charge is -2.41. The van der Waals surface area contributed by atoms with Gasteiger partial charge >= 0.3 is 11.9 Å². The Labute approximate surface area is 263 Å². The van der Waals surface area contributed by atoms with E-state index in [1.165, 1.54) is 12.2 Å². The van der Waals surface area contributed by atoms with Crippen molar-refractivity contribution in [1.29, 1.82) is 0 Å². The van der Waals surface area contributed by atoms with Crippen molar-refractivity contribution in [3.8, 4) is 5.75 Å². The smallest absolute Gasteiger partial charge is 0.342 e. The van der Waals surface area contributed by atoms with Crippen LogP contribution in [-0.2, 0) is 25.1 Å². The van der Waals surface area contributed by atoms with E-state index < -0.39 is 34.7 Å². The van der Waals surface area contributed by atoms with E-state index in [0.29, 0.717) is 30.6 Å². The lowest BCUT2D eigenvalue weighted by Crippen LogP contribution is -2.46. The average molecular weight is 629 g/mol. The van der Waals surface area contributed by atoms with Gasteiger partial charge in [-0.3, -0.25) is 0 Å². The standard InChI is InChI=1S/C35H56O6Si2/c1-13-24-38-31(36)23-17-21-28-25-30(41-43(11,12)35(6,7)8)26(2)18-14-15-19-27-20-16-22-29(32(27)33(37)39-28)40-42(9,10)34(3,4)5/h13-17,20,22-23,26,28,30H,1,18-19,21,24-25H2,2-12H3/b15-14+,23-17+/t26-,28-,30+/m0/s1. The number of hydrogen-bond acceptors (Lipinski definition) is 6. The Morgan fingerprint density at radius 1 is 1.05 bits per heavy atom. The Morgan fingerprint density at radius 3 is 2.30 bits per heavy atom. The Balaban J connectivity index is 2.55. The second-order valence-electron chi connectivity index (χ2n) is 14.8. The van der Waals surface area contributed by atoms with Crippen LogP contribution in [0.4, 0.5) is 0 Å². The molecule has 0 aliphatic carbocycles.